The summed E-state index contributed by atoms with van der Waals surface area (Å²) in [5, 5.41) is 3.10. The molecule has 4 heteroatoms. The molecule has 68 valence electrons. The summed E-state index contributed by atoms with van der Waals surface area (Å²) in [5.74, 6) is -0.229. The van der Waals surface area contributed by atoms with Crippen LogP contribution in [0.5, 0.6) is 0 Å². The first-order valence-corrected chi connectivity index (χ1v) is 4.45. The SMILES string of the molecule is Fc1cccc(N2CNCC2=S)c1. The van der Waals surface area contributed by atoms with Gasteiger partial charge >= 0.3 is 0 Å². The van der Waals surface area contributed by atoms with Gasteiger partial charge in [0, 0.05) is 12.2 Å². The van der Waals surface area contributed by atoms with E-state index in [4.69, 9.17) is 12.2 Å². The molecule has 0 aromatic heterocycles. The average Bonchev–Trinajstić information content (AvgIpc) is 2.51. The van der Waals surface area contributed by atoms with Gasteiger partial charge in [-0.1, -0.05) is 18.3 Å². The summed E-state index contributed by atoms with van der Waals surface area (Å²) in [6.07, 6.45) is 0. The molecule has 0 amide bonds. The van der Waals surface area contributed by atoms with Crippen LogP contribution in [0, 0.1) is 5.82 Å². The molecule has 1 aliphatic rings. The Balaban J connectivity index is 2.29. The Bertz CT molecular complexity index is 340. The van der Waals surface area contributed by atoms with E-state index < -0.39 is 0 Å². The third-order valence-electron chi connectivity index (χ3n) is 1.97. The Morgan fingerprint density at radius 3 is 2.92 bits per heavy atom. The zero-order chi connectivity index (χ0) is 9.26. The predicted octanol–water partition coefficient (Wildman–Crippen LogP) is 1.52. The summed E-state index contributed by atoms with van der Waals surface area (Å²) < 4.78 is 12.9. The Kier molecular flexibility index (Phi) is 2.24. The minimum Gasteiger partial charge on any atom is -0.321 e. The van der Waals surface area contributed by atoms with Gasteiger partial charge in [0.25, 0.3) is 0 Å². The normalized spacial score (nSPS) is 16.7. The Labute approximate surface area is 81.4 Å². The van der Waals surface area contributed by atoms with Crippen molar-refractivity contribution in [2.75, 3.05) is 18.1 Å². The largest absolute Gasteiger partial charge is 0.321 e. The number of nitrogens with one attached hydrogen (secondary N) is 1. The lowest BCUT2D eigenvalue weighted by atomic mass is 10.3. The third-order valence-corrected chi connectivity index (χ3v) is 2.33. The molecule has 13 heavy (non-hydrogen) atoms. The zero-order valence-electron chi connectivity index (χ0n) is 6.96. The highest BCUT2D eigenvalue weighted by Crippen LogP contribution is 2.17. The number of hydrogen-bond acceptors (Lipinski definition) is 2. The minimum absolute atomic E-state index is 0.229. The minimum atomic E-state index is -0.229. The maximum Gasteiger partial charge on any atom is 0.125 e. The van der Waals surface area contributed by atoms with Gasteiger partial charge in [-0.2, -0.15) is 0 Å². The molecule has 0 bridgehead atoms. The maximum atomic E-state index is 12.9. The number of benzene rings is 1. The summed E-state index contributed by atoms with van der Waals surface area (Å²) in [5.41, 5.74) is 0.815. The maximum absolute atomic E-state index is 12.9. The van der Waals surface area contributed by atoms with Crippen LogP contribution in [-0.4, -0.2) is 18.2 Å². The Morgan fingerprint density at radius 2 is 2.31 bits per heavy atom. The van der Waals surface area contributed by atoms with Gasteiger partial charge in [0.2, 0.25) is 0 Å². The monoisotopic (exact) mass is 196 g/mol. The van der Waals surface area contributed by atoms with Crippen LogP contribution in [0.3, 0.4) is 0 Å². The Hall–Kier alpha value is -1.00. The van der Waals surface area contributed by atoms with E-state index in [1.54, 1.807) is 6.07 Å². The summed E-state index contributed by atoms with van der Waals surface area (Å²) in [6, 6.07) is 6.45. The van der Waals surface area contributed by atoms with Gasteiger partial charge in [-0.3, -0.25) is 5.32 Å². The molecule has 2 nitrogen and oxygen atoms in total. The van der Waals surface area contributed by atoms with Crippen molar-refractivity contribution in [1.29, 1.82) is 0 Å². The summed E-state index contributed by atoms with van der Waals surface area (Å²) in [4.78, 5) is 2.70. The van der Waals surface area contributed by atoms with Gasteiger partial charge in [-0.15, -0.1) is 0 Å². The number of rotatable bonds is 1. The molecule has 0 saturated carbocycles. The fraction of sp³-hybridized carbons (Fsp3) is 0.222. The molecule has 2 rings (SSSR count). The van der Waals surface area contributed by atoms with Crippen LogP contribution >= 0.6 is 12.2 Å². The van der Waals surface area contributed by atoms with E-state index in [0.29, 0.717) is 13.2 Å². The molecule has 1 saturated heterocycles. The molecule has 1 heterocycles. The number of halogens is 1. The highest BCUT2D eigenvalue weighted by molar-refractivity contribution is 7.80. The molecule has 1 aliphatic heterocycles. The molecule has 1 fully saturated rings. The van der Waals surface area contributed by atoms with Crippen molar-refractivity contribution < 1.29 is 4.39 Å². The molecule has 0 atom stereocenters. The number of anilines is 1. The van der Waals surface area contributed by atoms with Crippen molar-refractivity contribution in [3.05, 3.63) is 30.1 Å². The van der Waals surface area contributed by atoms with E-state index in [2.05, 4.69) is 5.32 Å². The second-order valence-corrected chi connectivity index (χ2v) is 3.36. The molecular formula is C9H9FN2S. The molecule has 0 spiro atoms. The van der Waals surface area contributed by atoms with Gasteiger partial charge in [0.15, 0.2) is 0 Å². The highest BCUT2D eigenvalue weighted by atomic mass is 32.1. The Morgan fingerprint density at radius 1 is 1.46 bits per heavy atom. The first kappa shape index (κ1) is 8.59. The van der Waals surface area contributed by atoms with Gasteiger partial charge < -0.3 is 4.90 Å². The lowest BCUT2D eigenvalue weighted by Gasteiger charge is -2.16. The van der Waals surface area contributed by atoms with Crippen LogP contribution in [0.2, 0.25) is 0 Å². The van der Waals surface area contributed by atoms with E-state index in [0.717, 1.165) is 10.7 Å². The fourth-order valence-electron chi connectivity index (χ4n) is 1.34. The van der Waals surface area contributed by atoms with Gasteiger partial charge in [0.05, 0.1) is 11.7 Å². The first-order chi connectivity index (χ1) is 6.27. The standard InChI is InChI=1S/C9H9FN2S/c10-7-2-1-3-8(4-7)12-6-11-5-9(12)13/h1-4,11H,5-6H2. The van der Waals surface area contributed by atoms with Gasteiger partial charge in [0.1, 0.15) is 5.82 Å². The van der Waals surface area contributed by atoms with Crippen LogP contribution < -0.4 is 10.2 Å². The van der Waals surface area contributed by atoms with Crippen molar-refractivity contribution in [1.82, 2.24) is 5.32 Å². The average molecular weight is 196 g/mol. The zero-order valence-corrected chi connectivity index (χ0v) is 7.77. The van der Waals surface area contributed by atoms with E-state index in [1.807, 2.05) is 11.0 Å². The van der Waals surface area contributed by atoms with E-state index in [9.17, 15) is 4.39 Å². The van der Waals surface area contributed by atoms with Gasteiger partial charge in [-0.05, 0) is 18.2 Å². The lowest BCUT2D eigenvalue weighted by molar-refractivity contribution is 0.627. The summed E-state index contributed by atoms with van der Waals surface area (Å²) in [7, 11) is 0. The number of nitrogens with zero attached hydrogens (tertiary/aromatic N) is 1. The van der Waals surface area contributed by atoms with Crippen LogP contribution in [0.25, 0.3) is 0 Å². The predicted molar refractivity (Wildman–Crippen MR) is 54.3 cm³/mol. The molecule has 1 aromatic rings. The van der Waals surface area contributed by atoms with E-state index in [1.165, 1.54) is 12.1 Å². The van der Waals surface area contributed by atoms with Crippen molar-refractivity contribution in [2.45, 2.75) is 0 Å². The first-order valence-electron chi connectivity index (χ1n) is 4.04. The van der Waals surface area contributed by atoms with Crippen LogP contribution in [0.15, 0.2) is 24.3 Å². The van der Waals surface area contributed by atoms with Crippen molar-refractivity contribution in [2.24, 2.45) is 0 Å². The van der Waals surface area contributed by atoms with Crippen LogP contribution in [0.1, 0.15) is 0 Å². The molecule has 0 radical (unpaired) electrons. The number of thiocarbonyl (C=S) groups is 1. The number of hydrogen-bond donors (Lipinski definition) is 1. The summed E-state index contributed by atoms with van der Waals surface area (Å²) >= 11 is 5.11. The van der Waals surface area contributed by atoms with Crippen LogP contribution in [0.4, 0.5) is 10.1 Å². The van der Waals surface area contributed by atoms with E-state index >= 15 is 0 Å². The topological polar surface area (TPSA) is 15.3 Å². The molecule has 1 aromatic carbocycles. The third kappa shape index (κ3) is 1.68. The van der Waals surface area contributed by atoms with Gasteiger partial charge in [-0.25, -0.2) is 4.39 Å². The van der Waals surface area contributed by atoms with Crippen LogP contribution in [-0.2, 0) is 0 Å². The highest BCUT2D eigenvalue weighted by Gasteiger charge is 2.17. The lowest BCUT2D eigenvalue weighted by Crippen LogP contribution is -2.24. The van der Waals surface area contributed by atoms with Crippen molar-refractivity contribution >= 4 is 22.9 Å². The molecular weight excluding hydrogens is 187 g/mol. The second-order valence-electron chi connectivity index (χ2n) is 2.89. The summed E-state index contributed by atoms with van der Waals surface area (Å²) in [6.45, 7) is 1.37. The molecule has 0 unspecified atom stereocenters. The van der Waals surface area contributed by atoms with Crippen molar-refractivity contribution in [3.8, 4) is 0 Å². The fourth-order valence-corrected chi connectivity index (χ4v) is 1.61. The molecule has 1 N–H and O–H groups in total. The second kappa shape index (κ2) is 3.40. The quantitative estimate of drug-likeness (QED) is 0.686. The van der Waals surface area contributed by atoms with Crippen molar-refractivity contribution in [3.63, 3.8) is 0 Å². The smallest absolute Gasteiger partial charge is 0.125 e. The molecule has 0 aliphatic carbocycles. The van der Waals surface area contributed by atoms with E-state index in [-0.39, 0.29) is 5.82 Å².